The fourth-order valence-electron chi connectivity index (χ4n) is 4.17. The fourth-order valence-corrected chi connectivity index (χ4v) is 4.17. The molecule has 0 unspecified atom stereocenters. The van der Waals surface area contributed by atoms with Gasteiger partial charge in [0.2, 0.25) is 0 Å². The van der Waals surface area contributed by atoms with Crippen LogP contribution in [-0.2, 0) is 6.42 Å². The van der Waals surface area contributed by atoms with Gasteiger partial charge in [0, 0.05) is 6.42 Å². The second kappa shape index (κ2) is 8.59. The molecule has 1 heterocycles. The summed E-state index contributed by atoms with van der Waals surface area (Å²) in [5.41, 5.74) is 11.8. The molecule has 0 N–H and O–H groups in total. The zero-order valence-electron chi connectivity index (χ0n) is 19.5. The summed E-state index contributed by atoms with van der Waals surface area (Å²) in [5, 5.41) is 0. The lowest BCUT2D eigenvalue weighted by molar-refractivity contribution is 0.468. The Kier molecular flexibility index (Phi) is 5.87. The third-order valence-corrected chi connectivity index (χ3v) is 6.65. The van der Waals surface area contributed by atoms with Gasteiger partial charge in [-0.3, -0.25) is 0 Å². The zero-order valence-corrected chi connectivity index (χ0v) is 19.5. The van der Waals surface area contributed by atoms with Gasteiger partial charge in [0.15, 0.2) is 0 Å². The van der Waals surface area contributed by atoms with Gasteiger partial charge in [0.05, 0.1) is 5.92 Å². The van der Waals surface area contributed by atoms with E-state index in [-0.39, 0.29) is 5.92 Å². The van der Waals surface area contributed by atoms with Crippen LogP contribution in [0.1, 0.15) is 67.5 Å². The normalized spacial score (nSPS) is 11.3. The van der Waals surface area contributed by atoms with E-state index >= 15 is 0 Å². The summed E-state index contributed by atoms with van der Waals surface area (Å²) in [4.78, 5) is 0. The van der Waals surface area contributed by atoms with Crippen molar-refractivity contribution in [1.29, 1.82) is 0 Å². The van der Waals surface area contributed by atoms with Crippen LogP contribution in [0, 0.1) is 41.5 Å². The van der Waals surface area contributed by atoms with Crippen molar-refractivity contribution in [1.82, 2.24) is 0 Å². The van der Waals surface area contributed by atoms with Crippen LogP contribution in [0.3, 0.4) is 0 Å². The molecular weight excluding hydrogens is 376 g/mol. The number of hydrogen-bond acceptors (Lipinski definition) is 1. The van der Waals surface area contributed by atoms with E-state index in [1.165, 1.54) is 50.1 Å². The highest BCUT2D eigenvalue weighted by Gasteiger charge is 2.21. The molecule has 31 heavy (non-hydrogen) atoms. The highest BCUT2D eigenvalue weighted by Crippen LogP contribution is 2.35. The fraction of sp³-hybridized carbons (Fsp3) is 0.267. The molecule has 1 aromatic heterocycles. The van der Waals surface area contributed by atoms with E-state index in [0.717, 1.165) is 17.9 Å². The highest BCUT2D eigenvalue weighted by molar-refractivity contribution is 5.45. The number of furan rings is 1. The van der Waals surface area contributed by atoms with Gasteiger partial charge in [-0.2, -0.15) is 0 Å². The van der Waals surface area contributed by atoms with E-state index in [4.69, 9.17) is 4.42 Å². The van der Waals surface area contributed by atoms with Crippen LogP contribution in [0.2, 0.25) is 0 Å². The Morgan fingerprint density at radius 1 is 0.548 bits per heavy atom. The maximum atomic E-state index is 6.47. The molecule has 0 radical (unpaired) electrons. The Morgan fingerprint density at radius 3 is 1.58 bits per heavy atom. The summed E-state index contributed by atoms with van der Waals surface area (Å²) >= 11 is 0. The van der Waals surface area contributed by atoms with Crippen LogP contribution in [0.15, 0.2) is 71.1 Å². The molecule has 0 aliphatic carbocycles. The molecule has 0 spiro atoms. The predicted octanol–water partition coefficient (Wildman–Crippen LogP) is 7.90. The van der Waals surface area contributed by atoms with Crippen molar-refractivity contribution in [2.24, 2.45) is 0 Å². The Bertz CT molecular complexity index is 1170. The first kappa shape index (κ1) is 21.2. The number of benzene rings is 3. The first-order chi connectivity index (χ1) is 14.8. The third-order valence-electron chi connectivity index (χ3n) is 6.65. The first-order valence-corrected chi connectivity index (χ1v) is 11.1. The lowest BCUT2D eigenvalue weighted by atomic mass is 9.86. The Balaban J connectivity index is 1.74. The van der Waals surface area contributed by atoms with Gasteiger partial charge in [-0.05, 0) is 104 Å². The Labute approximate surface area is 186 Å². The van der Waals surface area contributed by atoms with Gasteiger partial charge >= 0.3 is 0 Å². The molecule has 0 bridgehead atoms. The van der Waals surface area contributed by atoms with Gasteiger partial charge in [-0.1, -0.05) is 54.6 Å². The van der Waals surface area contributed by atoms with Crippen molar-refractivity contribution in [2.75, 3.05) is 0 Å². The molecule has 0 saturated carbocycles. The molecule has 0 atom stereocenters. The van der Waals surface area contributed by atoms with Crippen molar-refractivity contribution in [3.8, 4) is 0 Å². The molecule has 1 nitrogen and oxygen atoms in total. The molecule has 0 fully saturated rings. The summed E-state index contributed by atoms with van der Waals surface area (Å²) in [7, 11) is 0. The Hall–Kier alpha value is -3.06. The van der Waals surface area contributed by atoms with E-state index in [0.29, 0.717) is 0 Å². The molecular formula is C30H32O. The van der Waals surface area contributed by atoms with Crippen molar-refractivity contribution in [3.05, 3.63) is 128 Å². The van der Waals surface area contributed by atoms with Gasteiger partial charge < -0.3 is 4.42 Å². The second-order valence-electron chi connectivity index (χ2n) is 9.02. The average molecular weight is 409 g/mol. The molecule has 4 rings (SSSR count). The Morgan fingerprint density at radius 2 is 1.06 bits per heavy atom. The maximum Gasteiger partial charge on any atom is 0.116 e. The van der Waals surface area contributed by atoms with Crippen molar-refractivity contribution in [2.45, 2.75) is 53.9 Å². The summed E-state index contributed by atoms with van der Waals surface area (Å²) < 4.78 is 6.47. The SMILES string of the molecule is Cc1ccc(Cc2ccc(C(c3ccc(C)c(C)c3)c3ccc(C)c(C)c3)o2)cc1C. The molecule has 0 aliphatic heterocycles. The molecule has 158 valence electrons. The molecule has 0 amide bonds. The second-order valence-corrected chi connectivity index (χ2v) is 9.02. The third kappa shape index (κ3) is 4.51. The van der Waals surface area contributed by atoms with Crippen LogP contribution in [0.25, 0.3) is 0 Å². The van der Waals surface area contributed by atoms with Crippen LogP contribution in [0.4, 0.5) is 0 Å². The van der Waals surface area contributed by atoms with Crippen LogP contribution in [-0.4, -0.2) is 0 Å². The van der Waals surface area contributed by atoms with Crippen molar-refractivity contribution >= 4 is 0 Å². The van der Waals surface area contributed by atoms with E-state index in [1.54, 1.807) is 0 Å². The minimum Gasteiger partial charge on any atom is -0.465 e. The van der Waals surface area contributed by atoms with Gasteiger partial charge in [0.1, 0.15) is 11.5 Å². The smallest absolute Gasteiger partial charge is 0.116 e. The highest BCUT2D eigenvalue weighted by atomic mass is 16.3. The first-order valence-electron chi connectivity index (χ1n) is 11.1. The lowest BCUT2D eigenvalue weighted by Gasteiger charge is -2.18. The monoisotopic (exact) mass is 408 g/mol. The van der Waals surface area contributed by atoms with Gasteiger partial charge in [0.25, 0.3) is 0 Å². The standard InChI is InChI=1S/C30H32O/c1-19-7-10-25(15-22(19)4)18-28-13-14-29(31-28)30(26-11-8-20(2)23(5)16-26)27-12-9-21(3)24(6)17-27/h7-17,30H,18H2,1-6H3. The van der Waals surface area contributed by atoms with Crippen LogP contribution >= 0.6 is 0 Å². The van der Waals surface area contributed by atoms with E-state index in [1.807, 2.05) is 0 Å². The summed E-state index contributed by atoms with van der Waals surface area (Å²) in [6.45, 7) is 13.0. The van der Waals surface area contributed by atoms with Crippen molar-refractivity contribution in [3.63, 3.8) is 0 Å². The summed E-state index contributed by atoms with van der Waals surface area (Å²) in [6.07, 6.45) is 0.813. The molecule has 1 heteroatoms. The van der Waals surface area contributed by atoms with E-state index < -0.39 is 0 Å². The van der Waals surface area contributed by atoms with Crippen LogP contribution < -0.4 is 0 Å². The topological polar surface area (TPSA) is 13.1 Å². The van der Waals surface area contributed by atoms with Gasteiger partial charge in [-0.25, -0.2) is 0 Å². The average Bonchev–Trinajstić information content (AvgIpc) is 3.18. The largest absolute Gasteiger partial charge is 0.465 e. The number of hydrogen-bond donors (Lipinski definition) is 0. The van der Waals surface area contributed by atoms with E-state index in [9.17, 15) is 0 Å². The molecule has 0 aliphatic rings. The summed E-state index contributed by atoms with van der Waals surface area (Å²) in [5.74, 6) is 2.10. The molecule has 4 aromatic rings. The molecule has 3 aromatic carbocycles. The number of rotatable bonds is 5. The van der Waals surface area contributed by atoms with E-state index in [2.05, 4.69) is 108 Å². The minimum absolute atomic E-state index is 0.0899. The van der Waals surface area contributed by atoms with Crippen LogP contribution in [0.5, 0.6) is 0 Å². The summed E-state index contributed by atoms with van der Waals surface area (Å²) in [6, 6.07) is 24.5. The quantitative estimate of drug-likeness (QED) is 0.327. The predicted molar refractivity (Wildman–Crippen MR) is 130 cm³/mol. The lowest BCUT2D eigenvalue weighted by Crippen LogP contribution is -2.04. The zero-order chi connectivity index (χ0) is 22.1. The maximum absolute atomic E-state index is 6.47. The minimum atomic E-state index is 0.0899. The number of aryl methyl sites for hydroxylation is 6. The van der Waals surface area contributed by atoms with Crippen molar-refractivity contribution < 1.29 is 4.42 Å². The molecule has 0 saturated heterocycles. The van der Waals surface area contributed by atoms with Gasteiger partial charge in [-0.15, -0.1) is 0 Å².